The number of anilines is 1. The summed E-state index contributed by atoms with van der Waals surface area (Å²) < 4.78 is 14.9. The number of amides is 2. The Kier molecular flexibility index (Phi) is 4.95. The van der Waals surface area contributed by atoms with Crippen LogP contribution in [0.15, 0.2) is 36.9 Å². The first-order valence-corrected chi connectivity index (χ1v) is 6.48. The molecule has 2 N–H and O–H groups in total. The number of imidazole rings is 1. The number of hydrogen-bond donors (Lipinski definition) is 2. The molecule has 1 heterocycles. The van der Waals surface area contributed by atoms with Crippen molar-refractivity contribution < 1.29 is 9.18 Å². The van der Waals surface area contributed by atoms with Gasteiger partial charge in [-0.05, 0) is 24.6 Å². The van der Waals surface area contributed by atoms with Gasteiger partial charge in [-0.1, -0.05) is 11.6 Å². The molecule has 0 saturated carbocycles. The summed E-state index contributed by atoms with van der Waals surface area (Å²) in [5.41, 5.74) is 0.448. The van der Waals surface area contributed by atoms with Gasteiger partial charge in [-0.2, -0.15) is 0 Å². The van der Waals surface area contributed by atoms with Gasteiger partial charge >= 0.3 is 6.03 Å². The van der Waals surface area contributed by atoms with Crippen molar-refractivity contribution in [1.82, 2.24) is 14.9 Å². The summed E-state index contributed by atoms with van der Waals surface area (Å²) in [5, 5.41) is 5.27. The van der Waals surface area contributed by atoms with Crippen molar-refractivity contribution in [2.45, 2.75) is 13.0 Å². The molecule has 0 spiro atoms. The van der Waals surface area contributed by atoms with E-state index in [1.807, 2.05) is 10.8 Å². The van der Waals surface area contributed by atoms with E-state index < -0.39 is 5.82 Å². The van der Waals surface area contributed by atoms with Gasteiger partial charge in [0.1, 0.15) is 5.82 Å². The van der Waals surface area contributed by atoms with Crippen molar-refractivity contribution in [3.05, 3.63) is 47.8 Å². The molecular weight excluding hydrogens is 283 g/mol. The van der Waals surface area contributed by atoms with Crippen LogP contribution in [0.1, 0.15) is 6.42 Å². The molecule has 2 amide bonds. The van der Waals surface area contributed by atoms with Gasteiger partial charge in [0.25, 0.3) is 0 Å². The first-order chi connectivity index (χ1) is 9.65. The van der Waals surface area contributed by atoms with Crippen molar-refractivity contribution >= 4 is 23.3 Å². The van der Waals surface area contributed by atoms with Gasteiger partial charge < -0.3 is 15.2 Å². The summed E-state index contributed by atoms with van der Waals surface area (Å²) in [7, 11) is 0. The minimum absolute atomic E-state index is 0.0251. The van der Waals surface area contributed by atoms with Gasteiger partial charge in [-0.15, -0.1) is 0 Å². The number of urea groups is 1. The molecule has 0 fully saturated rings. The third-order valence-electron chi connectivity index (χ3n) is 2.62. The fourth-order valence-corrected chi connectivity index (χ4v) is 1.81. The molecule has 20 heavy (non-hydrogen) atoms. The van der Waals surface area contributed by atoms with Crippen LogP contribution >= 0.6 is 11.6 Å². The maximum atomic E-state index is 13.0. The van der Waals surface area contributed by atoms with E-state index in [0.29, 0.717) is 12.2 Å². The van der Waals surface area contributed by atoms with Crippen LogP contribution in [-0.4, -0.2) is 22.1 Å². The van der Waals surface area contributed by atoms with Crippen molar-refractivity contribution in [2.24, 2.45) is 0 Å². The summed E-state index contributed by atoms with van der Waals surface area (Å²) in [6.45, 7) is 1.31. The highest BCUT2D eigenvalue weighted by molar-refractivity contribution is 6.31. The molecule has 7 heteroatoms. The van der Waals surface area contributed by atoms with E-state index in [0.717, 1.165) is 13.0 Å². The second-order valence-electron chi connectivity index (χ2n) is 4.16. The van der Waals surface area contributed by atoms with Crippen LogP contribution in [0.2, 0.25) is 5.02 Å². The normalized spacial score (nSPS) is 10.3. The molecular formula is C13H14ClFN4O. The molecule has 1 aromatic carbocycles. The number of rotatable bonds is 5. The van der Waals surface area contributed by atoms with Crippen molar-refractivity contribution in [3.8, 4) is 0 Å². The predicted molar refractivity (Wildman–Crippen MR) is 75.3 cm³/mol. The smallest absolute Gasteiger partial charge is 0.319 e. The van der Waals surface area contributed by atoms with E-state index in [2.05, 4.69) is 15.6 Å². The number of aryl methyl sites for hydroxylation is 1. The van der Waals surface area contributed by atoms with Gasteiger partial charge in [-0.3, -0.25) is 0 Å². The van der Waals surface area contributed by atoms with Crippen LogP contribution in [0.25, 0.3) is 0 Å². The summed E-state index contributed by atoms with van der Waals surface area (Å²) in [6.07, 6.45) is 6.08. The molecule has 0 saturated heterocycles. The molecule has 0 atom stereocenters. The van der Waals surface area contributed by atoms with E-state index in [9.17, 15) is 9.18 Å². The second kappa shape index (κ2) is 6.91. The first kappa shape index (κ1) is 14.3. The van der Waals surface area contributed by atoms with Crippen LogP contribution in [0.4, 0.5) is 14.9 Å². The third-order valence-corrected chi connectivity index (χ3v) is 2.90. The molecule has 0 radical (unpaired) electrons. The topological polar surface area (TPSA) is 59.0 Å². The Morgan fingerprint density at radius 1 is 1.45 bits per heavy atom. The minimum atomic E-state index is -0.516. The van der Waals surface area contributed by atoms with Crippen LogP contribution in [0.5, 0.6) is 0 Å². The molecule has 0 aliphatic carbocycles. The lowest BCUT2D eigenvalue weighted by molar-refractivity contribution is 0.252. The lowest BCUT2D eigenvalue weighted by atomic mass is 10.3. The number of aromatic nitrogens is 2. The van der Waals surface area contributed by atoms with Crippen LogP contribution in [-0.2, 0) is 6.54 Å². The lowest BCUT2D eigenvalue weighted by Gasteiger charge is -2.08. The zero-order chi connectivity index (χ0) is 14.4. The molecule has 5 nitrogen and oxygen atoms in total. The van der Waals surface area contributed by atoms with Gasteiger partial charge in [0, 0.05) is 31.2 Å². The molecule has 0 aliphatic rings. The molecule has 1 aromatic heterocycles. The Hall–Kier alpha value is -2.08. The standard InChI is InChI=1S/C13H14ClFN4O/c14-11-8-10(2-3-12(11)15)18-13(20)17-4-1-6-19-7-5-16-9-19/h2-3,5,7-9H,1,4,6H2,(H2,17,18,20). The number of carbonyl (C=O) groups is 1. The lowest BCUT2D eigenvalue weighted by Crippen LogP contribution is -2.30. The molecule has 0 unspecified atom stereocenters. The number of halogens is 2. The molecule has 0 bridgehead atoms. The molecule has 0 aliphatic heterocycles. The largest absolute Gasteiger partial charge is 0.338 e. The highest BCUT2D eigenvalue weighted by Crippen LogP contribution is 2.19. The van der Waals surface area contributed by atoms with E-state index in [1.165, 1.54) is 18.2 Å². The molecule has 106 valence electrons. The number of nitrogens with zero attached hydrogens (tertiary/aromatic N) is 2. The van der Waals surface area contributed by atoms with E-state index in [1.54, 1.807) is 12.5 Å². The fourth-order valence-electron chi connectivity index (χ4n) is 1.63. The highest BCUT2D eigenvalue weighted by Gasteiger charge is 2.04. The van der Waals surface area contributed by atoms with Gasteiger partial charge in [0.2, 0.25) is 0 Å². The monoisotopic (exact) mass is 296 g/mol. The quantitative estimate of drug-likeness (QED) is 0.834. The minimum Gasteiger partial charge on any atom is -0.338 e. The van der Waals surface area contributed by atoms with Gasteiger partial charge in [-0.25, -0.2) is 14.2 Å². The zero-order valence-electron chi connectivity index (χ0n) is 10.6. The van der Waals surface area contributed by atoms with Crippen molar-refractivity contribution in [3.63, 3.8) is 0 Å². The molecule has 2 rings (SSSR count). The summed E-state index contributed by atoms with van der Waals surface area (Å²) in [4.78, 5) is 15.5. The van der Waals surface area contributed by atoms with Crippen LogP contribution < -0.4 is 10.6 Å². The van der Waals surface area contributed by atoms with Gasteiger partial charge in [0.15, 0.2) is 0 Å². The number of nitrogens with one attached hydrogen (secondary N) is 2. The average Bonchev–Trinajstić information content (AvgIpc) is 2.92. The zero-order valence-corrected chi connectivity index (χ0v) is 11.4. The predicted octanol–water partition coefficient (Wildman–Crippen LogP) is 2.89. The number of hydrogen-bond acceptors (Lipinski definition) is 2. The second-order valence-corrected chi connectivity index (χ2v) is 4.57. The third kappa shape index (κ3) is 4.24. The first-order valence-electron chi connectivity index (χ1n) is 6.11. The van der Waals surface area contributed by atoms with Crippen molar-refractivity contribution in [1.29, 1.82) is 0 Å². The number of benzene rings is 1. The Bertz CT molecular complexity index is 574. The average molecular weight is 297 g/mol. The summed E-state index contributed by atoms with van der Waals surface area (Å²) >= 11 is 5.63. The Labute approximate surface area is 120 Å². The van der Waals surface area contributed by atoms with E-state index >= 15 is 0 Å². The van der Waals surface area contributed by atoms with Crippen LogP contribution in [0, 0.1) is 5.82 Å². The Morgan fingerprint density at radius 2 is 2.30 bits per heavy atom. The maximum Gasteiger partial charge on any atom is 0.319 e. The van der Waals surface area contributed by atoms with Crippen molar-refractivity contribution in [2.75, 3.05) is 11.9 Å². The Morgan fingerprint density at radius 3 is 3.00 bits per heavy atom. The molecule has 2 aromatic rings. The number of carbonyl (C=O) groups excluding carboxylic acids is 1. The van der Waals surface area contributed by atoms with E-state index in [-0.39, 0.29) is 11.1 Å². The fraction of sp³-hybridized carbons (Fsp3) is 0.231. The highest BCUT2D eigenvalue weighted by atomic mass is 35.5. The van der Waals surface area contributed by atoms with E-state index in [4.69, 9.17) is 11.6 Å². The summed E-state index contributed by atoms with van der Waals surface area (Å²) in [5.74, 6) is -0.516. The summed E-state index contributed by atoms with van der Waals surface area (Å²) in [6, 6.07) is 3.67. The van der Waals surface area contributed by atoms with Gasteiger partial charge in [0.05, 0.1) is 11.3 Å². The van der Waals surface area contributed by atoms with Crippen LogP contribution in [0.3, 0.4) is 0 Å². The maximum absolute atomic E-state index is 13.0. The Balaban J connectivity index is 1.71. The SMILES string of the molecule is O=C(NCCCn1ccnc1)Nc1ccc(F)c(Cl)c1.